The number of amides is 1. The number of nitrogens with zero attached hydrogens (tertiary/aromatic N) is 1. The molecule has 1 amide bonds. The summed E-state index contributed by atoms with van der Waals surface area (Å²) < 4.78 is 0. The Morgan fingerprint density at radius 2 is 1.29 bits per heavy atom. The van der Waals surface area contributed by atoms with Gasteiger partial charge >= 0.3 is 0 Å². The van der Waals surface area contributed by atoms with Crippen LogP contribution >= 0.6 is 0 Å². The van der Waals surface area contributed by atoms with Crippen LogP contribution in [0.5, 0.6) is 0 Å². The molecule has 1 heterocycles. The minimum absolute atomic E-state index is 0.0470. The Morgan fingerprint density at radius 3 is 1.86 bits per heavy atom. The van der Waals surface area contributed by atoms with Gasteiger partial charge in [-0.3, -0.25) is 4.79 Å². The number of hydrogen-bond donors (Lipinski definition) is 1. The second kappa shape index (κ2) is 10.5. The summed E-state index contributed by atoms with van der Waals surface area (Å²) in [6.07, 6.45) is 12.9. The van der Waals surface area contributed by atoms with Crippen molar-refractivity contribution < 1.29 is 4.79 Å². The highest BCUT2D eigenvalue weighted by molar-refractivity contribution is 5.94. The molecule has 1 aliphatic carbocycles. The summed E-state index contributed by atoms with van der Waals surface area (Å²) in [6, 6.07) is -0.235. The Balaban J connectivity index is 1.82. The van der Waals surface area contributed by atoms with Gasteiger partial charge in [0, 0.05) is 6.54 Å². The summed E-state index contributed by atoms with van der Waals surface area (Å²) in [5.41, 5.74) is 3.89. The van der Waals surface area contributed by atoms with E-state index < -0.39 is 0 Å². The summed E-state index contributed by atoms with van der Waals surface area (Å²) in [5, 5.41) is 3.03. The van der Waals surface area contributed by atoms with Crippen LogP contribution in [-0.4, -0.2) is 29.4 Å². The van der Waals surface area contributed by atoms with Gasteiger partial charge in [0.15, 0.2) is 0 Å². The van der Waals surface area contributed by atoms with E-state index in [0.29, 0.717) is 5.70 Å². The van der Waals surface area contributed by atoms with Crippen LogP contribution in [0.4, 0.5) is 0 Å². The summed E-state index contributed by atoms with van der Waals surface area (Å²) >= 11 is 0. The summed E-state index contributed by atoms with van der Waals surface area (Å²) in [6.45, 7) is 23.7. The van der Waals surface area contributed by atoms with Crippen molar-refractivity contribution in [2.45, 2.75) is 83.2 Å². The molecule has 0 spiro atoms. The van der Waals surface area contributed by atoms with Crippen LogP contribution in [-0.2, 0) is 4.79 Å². The monoisotopic (exact) mass is 382 g/mol. The third-order valence-electron chi connectivity index (χ3n) is 6.17. The summed E-state index contributed by atoms with van der Waals surface area (Å²) in [5.74, 6) is -0.123. The molecule has 0 aromatic rings. The van der Waals surface area contributed by atoms with Crippen LogP contribution in [0.15, 0.2) is 60.9 Å². The van der Waals surface area contributed by atoms with E-state index in [1.165, 1.54) is 57.8 Å². The highest BCUT2D eigenvalue weighted by atomic mass is 16.2. The molecule has 0 aromatic carbocycles. The molecule has 0 aromatic heterocycles. The smallest absolute Gasteiger partial charge is 0.267 e. The third kappa shape index (κ3) is 5.06. The highest BCUT2D eigenvalue weighted by Gasteiger charge is 2.44. The van der Waals surface area contributed by atoms with Crippen molar-refractivity contribution in [1.29, 1.82) is 0 Å². The van der Waals surface area contributed by atoms with Gasteiger partial charge in [-0.05, 0) is 28.7 Å². The van der Waals surface area contributed by atoms with Gasteiger partial charge in [0.2, 0.25) is 0 Å². The van der Waals surface area contributed by atoms with E-state index >= 15 is 0 Å². The zero-order valence-electron chi connectivity index (χ0n) is 17.8. The quantitative estimate of drug-likeness (QED) is 0.360. The molecule has 2 atom stereocenters. The first kappa shape index (κ1) is 22.3. The molecule has 28 heavy (non-hydrogen) atoms. The maximum Gasteiger partial charge on any atom is 0.267 e. The topological polar surface area (TPSA) is 32.3 Å². The Bertz CT molecular complexity index is 657. The second-order valence-corrected chi connectivity index (χ2v) is 8.23. The molecule has 2 fully saturated rings. The lowest BCUT2D eigenvalue weighted by molar-refractivity contribution is -0.122. The molecule has 1 saturated carbocycles. The normalized spacial score (nSPS) is 22.5. The number of hydrogen-bond acceptors (Lipinski definition) is 2. The van der Waals surface area contributed by atoms with E-state index in [9.17, 15) is 4.79 Å². The van der Waals surface area contributed by atoms with E-state index in [-0.39, 0.29) is 18.0 Å². The number of rotatable bonds is 11. The van der Waals surface area contributed by atoms with Gasteiger partial charge in [-0.25, -0.2) is 0 Å². The number of fused-ring (bicyclic) bond motifs is 1. The number of nitrogens with one attached hydrogen (secondary N) is 1. The lowest BCUT2D eigenvalue weighted by atomic mass is 9.75. The molecule has 2 rings (SSSR count). The molecule has 1 N–H and O–H groups in total. The number of unbranched alkanes of at least 4 members (excludes halogenated alkanes) is 9. The van der Waals surface area contributed by atoms with Crippen molar-refractivity contribution in [2.75, 3.05) is 6.54 Å². The van der Waals surface area contributed by atoms with Gasteiger partial charge in [0.25, 0.3) is 5.91 Å². The second-order valence-electron chi connectivity index (χ2n) is 8.23. The van der Waals surface area contributed by atoms with Crippen LogP contribution in [0.3, 0.4) is 0 Å². The van der Waals surface area contributed by atoms with Gasteiger partial charge in [-0.15, -0.1) is 0 Å². The number of carbonyl (C=O) groups excluding carboxylic acids is 1. The highest BCUT2D eigenvalue weighted by Crippen LogP contribution is 2.39. The standard InChI is InChI=1S/C25H38N2O/c1-7-8-9-10-11-12-13-14-15-16-17-27-22(6)25(28)26-23-20(4)18(2)19(3)21(5)24(23)27/h23-24H,2-17H2,1H3,(H,26,28). The number of piperazine rings is 1. The van der Waals surface area contributed by atoms with Crippen molar-refractivity contribution in [2.24, 2.45) is 0 Å². The predicted molar refractivity (Wildman–Crippen MR) is 120 cm³/mol. The fourth-order valence-corrected chi connectivity index (χ4v) is 4.25. The van der Waals surface area contributed by atoms with Crippen LogP contribution in [0, 0.1) is 0 Å². The largest absolute Gasteiger partial charge is 0.358 e. The zero-order valence-corrected chi connectivity index (χ0v) is 17.8. The first-order valence-electron chi connectivity index (χ1n) is 10.9. The van der Waals surface area contributed by atoms with Gasteiger partial charge < -0.3 is 10.2 Å². The Kier molecular flexibility index (Phi) is 8.35. The Morgan fingerprint density at radius 1 is 0.786 bits per heavy atom. The average molecular weight is 383 g/mol. The fourth-order valence-electron chi connectivity index (χ4n) is 4.25. The minimum Gasteiger partial charge on any atom is -0.358 e. The van der Waals surface area contributed by atoms with Crippen molar-refractivity contribution in [3.05, 3.63) is 60.9 Å². The predicted octanol–water partition coefficient (Wildman–Crippen LogP) is 5.83. The lowest BCUT2D eigenvalue weighted by Crippen LogP contribution is -2.62. The van der Waals surface area contributed by atoms with E-state index in [4.69, 9.17) is 0 Å². The zero-order chi connectivity index (χ0) is 20.7. The van der Waals surface area contributed by atoms with Crippen molar-refractivity contribution >= 4 is 5.91 Å². The summed E-state index contributed by atoms with van der Waals surface area (Å²) in [7, 11) is 0. The Hall–Kier alpha value is -2.03. The lowest BCUT2D eigenvalue weighted by Gasteiger charge is -2.49. The molecule has 3 nitrogen and oxygen atoms in total. The summed E-state index contributed by atoms with van der Waals surface area (Å²) in [4.78, 5) is 14.5. The maximum atomic E-state index is 12.4. The van der Waals surface area contributed by atoms with Crippen LogP contribution < -0.4 is 5.32 Å². The molecule has 154 valence electrons. The third-order valence-corrected chi connectivity index (χ3v) is 6.17. The Labute approximate surface area is 172 Å². The van der Waals surface area contributed by atoms with Crippen molar-refractivity contribution in [3.63, 3.8) is 0 Å². The minimum atomic E-state index is -0.188. The molecule has 2 aliphatic rings. The average Bonchev–Trinajstić information content (AvgIpc) is 2.68. The van der Waals surface area contributed by atoms with Crippen LogP contribution in [0.1, 0.15) is 71.1 Å². The molecular formula is C25H38N2O. The van der Waals surface area contributed by atoms with Crippen molar-refractivity contribution in [3.8, 4) is 0 Å². The first-order valence-corrected chi connectivity index (χ1v) is 10.9. The molecule has 0 radical (unpaired) electrons. The number of carbonyl (C=O) groups is 1. The van der Waals surface area contributed by atoms with Gasteiger partial charge in [-0.1, -0.05) is 97.6 Å². The molecule has 1 aliphatic heterocycles. The van der Waals surface area contributed by atoms with Gasteiger partial charge in [-0.2, -0.15) is 0 Å². The molecular weight excluding hydrogens is 344 g/mol. The van der Waals surface area contributed by atoms with E-state index in [2.05, 4.69) is 50.0 Å². The first-order chi connectivity index (χ1) is 13.4. The van der Waals surface area contributed by atoms with E-state index in [1.54, 1.807) is 0 Å². The maximum absolute atomic E-state index is 12.4. The van der Waals surface area contributed by atoms with E-state index in [1.807, 2.05) is 0 Å². The van der Waals surface area contributed by atoms with Crippen LogP contribution in [0.2, 0.25) is 0 Å². The van der Waals surface area contributed by atoms with Crippen molar-refractivity contribution in [1.82, 2.24) is 10.2 Å². The molecule has 0 bridgehead atoms. The SMILES string of the molecule is C=C1C(=C)C(=C)C2C(NC(=O)C(=C)N2CCCCCCCCCCCC)C1=C. The fraction of sp³-hybridized carbons (Fsp3) is 0.560. The molecule has 1 saturated heterocycles. The van der Waals surface area contributed by atoms with Crippen LogP contribution in [0.25, 0.3) is 0 Å². The molecule has 3 heteroatoms. The van der Waals surface area contributed by atoms with E-state index in [0.717, 1.165) is 35.3 Å². The molecule has 2 unspecified atom stereocenters. The van der Waals surface area contributed by atoms with Gasteiger partial charge in [0.1, 0.15) is 0 Å². The van der Waals surface area contributed by atoms with Gasteiger partial charge in [0.05, 0.1) is 17.8 Å².